The summed E-state index contributed by atoms with van der Waals surface area (Å²) in [6.45, 7) is 17.3. The van der Waals surface area contributed by atoms with E-state index in [1.54, 1.807) is 0 Å². The molecule has 0 aromatic heterocycles. The largest absolute Gasteiger partial charge is 0.379 e. The molecule has 0 saturated carbocycles. The Morgan fingerprint density at radius 3 is 2.23 bits per heavy atom. The summed E-state index contributed by atoms with van der Waals surface area (Å²) in [5.74, 6) is 0.858. The van der Waals surface area contributed by atoms with Crippen LogP contribution in [0.25, 0.3) is 0 Å². The van der Waals surface area contributed by atoms with Crippen molar-refractivity contribution in [1.82, 2.24) is 20.9 Å². The normalized spacial score (nSPS) is 18.4. The lowest BCUT2D eigenvalue weighted by Gasteiger charge is -2.41. The first-order valence-electron chi connectivity index (χ1n) is 8.27. The molecule has 0 spiro atoms. The van der Waals surface area contributed by atoms with Crippen molar-refractivity contribution in [1.29, 1.82) is 0 Å². The van der Waals surface area contributed by atoms with Gasteiger partial charge in [0.2, 0.25) is 0 Å². The second-order valence-corrected chi connectivity index (χ2v) is 7.44. The number of ether oxygens (including phenoxy) is 1. The van der Waals surface area contributed by atoms with E-state index in [2.05, 4.69) is 60.5 Å². The van der Waals surface area contributed by atoms with Crippen molar-refractivity contribution in [3.05, 3.63) is 0 Å². The molecule has 0 atom stereocenters. The van der Waals surface area contributed by atoms with Crippen LogP contribution in [0.4, 0.5) is 0 Å². The minimum atomic E-state index is 0.0884. The average Bonchev–Trinajstić information content (AvgIpc) is 2.46. The zero-order chi connectivity index (χ0) is 16.6. The van der Waals surface area contributed by atoms with Gasteiger partial charge in [0.15, 0.2) is 5.96 Å². The Morgan fingerprint density at radius 1 is 1.05 bits per heavy atom. The predicted molar refractivity (Wildman–Crippen MR) is 93.6 cm³/mol. The number of nitrogens with zero attached hydrogens (tertiary/aromatic N) is 2. The first kappa shape index (κ1) is 19.2. The maximum absolute atomic E-state index is 5.43. The Hall–Kier alpha value is -0.850. The van der Waals surface area contributed by atoms with Crippen molar-refractivity contribution < 1.29 is 4.74 Å². The number of rotatable bonds is 6. The fourth-order valence-corrected chi connectivity index (χ4v) is 2.42. The van der Waals surface area contributed by atoms with E-state index in [4.69, 9.17) is 4.74 Å². The van der Waals surface area contributed by atoms with Crippen molar-refractivity contribution in [2.75, 3.05) is 53.0 Å². The third kappa shape index (κ3) is 7.42. The Bertz CT molecular complexity index is 343. The second kappa shape index (κ2) is 8.70. The van der Waals surface area contributed by atoms with Crippen LogP contribution in [0.15, 0.2) is 4.99 Å². The number of hydrogen-bond acceptors (Lipinski definition) is 4. The van der Waals surface area contributed by atoms with Gasteiger partial charge >= 0.3 is 0 Å². The second-order valence-electron chi connectivity index (χ2n) is 7.44. The van der Waals surface area contributed by atoms with E-state index in [0.29, 0.717) is 0 Å². The Morgan fingerprint density at radius 2 is 1.68 bits per heavy atom. The number of nitrogens with one attached hydrogen (secondary N) is 3. The molecule has 0 radical (unpaired) electrons. The quantitative estimate of drug-likeness (QED) is 0.382. The highest BCUT2D eigenvalue weighted by Crippen LogP contribution is 2.14. The molecular weight excluding hydrogens is 278 g/mol. The van der Waals surface area contributed by atoms with Gasteiger partial charge in [-0.15, -0.1) is 0 Å². The van der Waals surface area contributed by atoms with E-state index in [9.17, 15) is 0 Å². The fraction of sp³-hybridized carbons (Fsp3) is 0.938. The summed E-state index contributed by atoms with van der Waals surface area (Å²) < 4.78 is 5.43. The van der Waals surface area contributed by atoms with Gasteiger partial charge in [-0.1, -0.05) is 0 Å². The van der Waals surface area contributed by atoms with E-state index in [0.717, 1.165) is 51.9 Å². The van der Waals surface area contributed by atoms with Gasteiger partial charge in [-0.3, -0.25) is 9.89 Å². The van der Waals surface area contributed by atoms with Crippen molar-refractivity contribution in [2.45, 2.75) is 45.7 Å². The molecule has 3 N–H and O–H groups in total. The van der Waals surface area contributed by atoms with Crippen LogP contribution in [0.3, 0.4) is 0 Å². The number of hydrogen-bond donors (Lipinski definition) is 3. The highest BCUT2D eigenvalue weighted by atomic mass is 16.5. The van der Waals surface area contributed by atoms with Gasteiger partial charge in [-0.2, -0.15) is 0 Å². The molecule has 22 heavy (non-hydrogen) atoms. The van der Waals surface area contributed by atoms with Crippen molar-refractivity contribution in [2.24, 2.45) is 4.99 Å². The maximum Gasteiger partial charge on any atom is 0.191 e. The molecule has 0 amide bonds. The molecule has 130 valence electrons. The zero-order valence-corrected chi connectivity index (χ0v) is 15.3. The molecule has 1 aliphatic heterocycles. The van der Waals surface area contributed by atoms with Crippen LogP contribution in [0, 0.1) is 0 Å². The summed E-state index contributed by atoms with van der Waals surface area (Å²) in [7, 11) is 1.81. The molecule has 0 unspecified atom stereocenters. The van der Waals surface area contributed by atoms with E-state index < -0.39 is 0 Å². The topological polar surface area (TPSA) is 60.9 Å². The molecule has 6 heteroatoms. The van der Waals surface area contributed by atoms with E-state index in [-0.39, 0.29) is 11.1 Å². The SMILES string of the molecule is CN=C(NCCNC(C)(C)C)NCC(C)(C)N1CCOCC1. The van der Waals surface area contributed by atoms with E-state index in [1.165, 1.54) is 0 Å². The molecule has 1 heterocycles. The van der Waals surface area contributed by atoms with Crippen LogP contribution in [-0.2, 0) is 4.74 Å². The zero-order valence-electron chi connectivity index (χ0n) is 15.3. The Kier molecular flexibility index (Phi) is 7.59. The smallest absolute Gasteiger partial charge is 0.191 e. The lowest BCUT2D eigenvalue weighted by atomic mass is 10.0. The molecule has 0 bridgehead atoms. The van der Waals surface area contributed by atoms with Crippen LogP contribution in [0.1, 0.15) is 34.6 Å². The first-order valence-corrected chi connectivity index (χ1v) is 8.27. The summed E-state index contributed by atoms with van der Waals surface area (Å²) in [6, 6.07) is 0. The lowest BCUT2D eigenvalue weighted by molar-refractivity contribution is -0.00833. The van der Waals surface area contributed by atoms with Gasteiger partial charge in [0.05, 0.1) is 13.2 Å². The molecule has 0 aromatic carbocycles. The van der Waals surface area contributed by atoms with Crippen LogP contribution >= 0.6 is 0 Å². The highest BCUT2D eigenvalue weighted by molar-refractivity contribution is 5.79. The van der Waals surface area contributed by atoms with Crippen molar-refractivity contribution >= 4 is 5.96 Å². The van der Waals surface area contributed by atoms with Gasteiger partial charge in [0.25, 0.3) is 0 Å². The molecule has 0 aromatic rings. The molecule has 1 saturated heterocycles. The summed E-state index contributed by atoms with van der Waals surface area (Å²) in [6.07, 6.45) is 0. The number of aliphatic imine (C=N–C) groups is 1. The lowest BCUT2D eigenvalue weighted by Crippen LogP contribution is -2.56. The van der Waals surface area contributed by atoms with Crippen molar-refractivity contribution in [3.8, 4) is 0 Å². The van der Waals surface area contributed by atoms with Gasteiger partial charge in [0.1, 0.15) is 0 Å². The number of morpholine rings is 1. The summed E-state index contributed by atoms with van der Waals surface area (Å²) >= 11 is 0. The minimum absolute atomic E-state index is 0.0884. The number of guanidine groups is 1. The van der Waals surface area contributed by atoms with Gasteiger partial charge in [-0.25, -0.2) is 0 Å². The third-order valence-electron chi connectivity index (χ3n) is 3.85. The van der Waals surface area contributed by atoms with Crippen molar-refractivity contribution in [3.63, 3.8) is 0 Å². The average molecular weight is 313 g/mol. The van der Waals surface area contributed by atoms with Gasteiger partial charge < -0.3 is 20.7 Å². The molecule has 6 nitrogen and oxygen atoms in total. The van der Waals surface area contributed by atoms with Crippen LogP contribution in [0.5, 0.6) is 0 Å². The molecule has 0 aliphatic carbocycles. The predicted octanol–water partition coefficient (Wildman–Crippen LogP) is 0.650. The van der Waals surface area contributed by atoms with Crippen LogP contribution in [0.2, 0.25) is 0 Å². The third-order valence-corrected chi connectivity index (χ3v) is 3.85. The standard InChI is InChI=1S/C16H35N5O/c1-15(2,3)20-8-7-18-14(17-6)19-13-16(4,5)21-9-11-22-12-10-21/h20H,7-13H2,1-6H3,(H2,17,18,19). The highest BCUT2D eigenvalue weighted by Gasteiger charge is 2.28. The fourth-order valence-electron chi connectivity index (χ4n) is 2.42. The van der Waals surface area contributed by atoms with Gasteiger partial charge in [-0.05, 0) is 34.6 Å². The first-order chi connectivity index (χ1) is 10.2. The molecular formula is C16H35N5O. The van der Waals surface area contributed by atoms with Crippen LogP contribution in [-0.4, -0.2) is 74.9 Å². The summed E-state index contributed by atoms with van der Waals surface area (Å²) in [4.78, 5) is 6.76. The van der Waals surface area contributed by atoms with Gasteiger partial charge in [0, 0.05) is 50.8 Å². The molecule has 1 fully saturated rings. The van der Waals surface area contributed by atoms with E-state index in [1.807, 2.05) is 7.05 Å². The minimum Gasteiger partial charge on any atom is -0.379 e. The maximum atomic E-state index is 5.43. The monoisotopic (exact) mass is 313 g/mol. The molecule has 1 aliphatic rings. The Balaban J connectivity index is 2.30. The van der Waals surface area contributed by atoms with E-state index >= 15 is 0 Å². The summed E-state index contributed by atoms with van der Waals surface area (Å²) in [5.41, 5.74) is 0.238. The molecule has 1 rings (SSSR count). The van der Waals surface area contributed by atoms with Crippen LogP contribution < -0.4 is 16.0 Å². The Labute approximate surface area is 136 Å². The summed E-state index contributed by atoms with van der Waals surface area (Å²) in [5, 5.41) is 10.2.